The molecule has 0 saturated carbocycles. The maximum Gasteiger partial charge on any atom is 0.128 e. The van der Waals surface area contributed by atoms with Crippen LogP contribution in [-0.4, -0.2) is 18.2 Å². The molecule has 88 valence electrons. The smallest absolute Gasteiger partial charge is 0.128 e. The molecule has 0 aliphatic carbocycles. The molecular formula is C13H18FNO. The molecule has 3 heteroatoms. The Morgan fingerprint density at radius 1 is 1.31 bits per heavy atom. The highest BCUT2D eigenvalue weighted by molar-refractivity contribution is 5.29. The fourth-order valence-electron chi connectivity index (χ4n) is 2.31. The summed E-state index contributed by atoms with van der Waals surface area (Å²) in [5, 5.41) is 12.6. The van der Waals surface area contributed by atoms with Gasteiger partial charge in [-0.1, -0.05) is 12.1 Å². The molecule has 1 aromatic rings. The molecule has 1 aliphatic heterocycles. The van der Waals surface area contributed by atoms with Gasteiger partial charge in [-0.05, 0) is 56.0 Å². The van der Waals surface area contributed by atoms with E-state index in [1.165, 1.54) is 6.07 Å². The largest absolute Gasteiger partial charge is 0.508 e. The van der Waals surface area contributed by atoms with Gasteiger partial charge in [0.15, 0.2) is 0 Å². The van der Waals surface area contributed by atoms with Crippen LogP contribution < -0.4 is 5.32 Å². The van der Waals surface area contributed by atoms with Crippen molar-refractivity contribution >= 4 is 0 Å². The molecule has 1 fully saturated rings. The zero-order valence-electron chi connectivity index (χ0n) is 9.32. The predicted octanol–water partition coefficient (Wildman–Crippen LogP) is 2.79. The number of alkyl halides is 1. The van der Waals surface area contributed by atoms with Crippen molar-refractivity contribution in [2.24, 2.45) is 5.92 Å². The summed E-state index contributed by atoms with van der Waals surface area (Å²) in [7, 11) is 0. The molecule has 1 aliphatic rings. The van der Waals surface area contributed by atoms with Crippen molar-refractivity contribution in [2.75, 3.05) is 13.1 Å². The molecule has 0 radical (unpaired) electrons. The average Bonchev–Trinajstić information content (AvgIpc) is 2.56. The number of hydrogen-bond donors (Lipinski definition) is 2. The number of benzene rings is 1. The van der Waals surface area contributed by atoms with Crippen LogP contribution in [-0.2, 0) is 0 Å². The van der Waals surface area contributed by atoms with Crippen molar-refractivity contribution < 1.29 is 9.50 Å². The van der Waals surface area contributed by atoms with Crippen molar-refractivity contribution in [2.45, 2.75) is 25.4 Å². The molecule has 0 spiro atoms. The first kappa shape index (κ1) is 11.4. The van der Waals surface area contributed by atoms with Gasteiger partial charge in [0.05, 0.1) is 0 Å². The fourth-order valence-corrected chi connectivity index (χ4v) is 2.31. The molecule has 1 aromatic carbocycles. The number of phenolic OH excluding ortho intramolecular Hbond substituents is 1. The van der Waals surface area contributed by atoms with Crippen LogP contribution in [0.2, 0.25) is 0 Å². The molecule has 1 heterocycles. The van der Waals surface area contributed by atoms with Crippen LogP contribution in [0.5, 0.6) is 5.75 Å². The maximum absolute atomic E-state index is 14.2. The third kappa shape index (κ3) is 2.73. The van der Waals surface area contributed by atoms with Crippen molar-refractivity contribution in [3.63, 3.8) is 0 Å². The van der Waals surface area contributed by atoms with Gasteiger partial charge in [0.25, 0.3) is 0 Å². The van der Waals surface area contributed by atoms with Crippen LogP contribution in [0.15, 0.2) is 24.3 Å². The second kappa shape index (κ2) is 5.30. The van der Waals surface area contributed by atoms with Gasteiger partial charge in [-0.2, -0.15) is 0 Å². The van der Waals surface area contributed by atoms with Gasteiger partial charge < -0.3 is 10.4 Å². The van der Waals surface area contributed by atoms with Crippen LogP contribution in [0, 0.1) is 5.92 Å². The lowest BCUT2D eigenvalue weighted by atomic mass is 9.91. The van der Waals surface area contributed by atoms with Gasteiger partial charge in [-0.25, -0.2) is 4.39 Å². The zero-order valence-corrected chi connectivity index (χ0v) is 9.32. The maximum atomic E-state index is 14.2. The molecule has 16 heavy (non-hydrogen) atoms. The van der Waals surface area contributed by atoms with Crippen LogP contribution in [0.25, 0.3) is 0 Å². The highest BCUT2D eigenvalue weighted by Gasteiger charge is 2.23. The van der Waals surface area contributed by atoms with Gasteiger partial charge in [-0.3, -0.25) is 0 Å². The minimum Gasteiger partial charge on any atom is -0.508 e. The van der Waals surface area contributed by atoms with E-state index in [-0.39, 0.29) is 11.7 Å². The summed E-state index contributed by atoms with van der Waals surface area (Å²) in [6.07, 6.45) is 1.87. The number of rotatable bonds is 2. The fraction of sp³-hybridized carbons (Fsp3) is 0.538. The van der Waals surface area contributed by atoms with E-state index in [0.29, 0.717) is 5.56 Å². The third-order valence-electron chi connectivity index (χ3n) is 3.22. The van der Waals surface area contributed by atoms with Crippen LogP contribution in [0.3, 0.4) is 0 Å². The van der Waals surface area contributed by atoms with E-state index in [0.717, 1.165) is 32.4 Å². The Kier molecular flexibility index (Phi) is 3.78. The Hall–Kier alpha value is -1.09. The summed E-state index contributed by atoms with van der Waals surface area (Å²) in [5.74, 6) is 0.226. The number of hydrogen-bond acceptors (Lipinski definition) is 2. The second-order valence-corrected chi connectivity index (χ2v) is 4.44. The number of aromatic hydroxyl groups is 1. The molecule has 2 atom stereocenters. The van der Waals surface area contributed by atoms with E-state index in [2.05, 4.69) is 5.32 Å². The minimum absolute atomic E-state index is 0.0804. The summed E-state index contributed by atoms with van der Waals surface area (Å²) in [6, 6.07) is 6.56. The van der Waals surface area contributed by atoms with Crippen molar-refractivity contribution in [3.8, 4) is 5.75 Å². The van der Waals surface area contributed by atoms with Crippen LogP contribution in [0.4, 0.5) is 4.39 Å². The monoisotopic (exact) mass is 223 g/mol. The van der Waals surface area contributed by atoms with Crippen molar-refractivity contribution in [1.29, 1.82) is 0 Å². The molecular weight excluding hydrogens is 205 g/mol. The van der Waals surface area contributed by atoms with E-state index in [1.54, 1.807) is 18.2 Å². The Balaban J connectivity index is 2.07. The summed E-state index contributed by atoms with van der Waals surface area (Å²) < 4.78 is 14.2. The molecule has 1 saturated heterocycles. The lowest BCUT2D eigenvalue weighted by molar-refractivity contribution is 0.214. The highest BCUT2D eigenvalue weighted by Crippen LogP contribution is 2.33. The quantitative estimate of drug-likeness (QED) is 0.808. The second-order valence-electron chi connectivity index (χ2n) is 4.44. The minimum atomic E-state index is -0.952. The normalized spacial score (nSPS) is 23.7. The Bertz CT molecular complexity index is 334. The van der Waals surface area contributed by atoms with Crippen LogP contribution in [0.1, 0.15) is 31.0 Å². The standard InChI is InChI=1S/C13H18FNO/c14-13(10-4-2-7-15-8-6-10)11-3-1-5-12(16)9-11/h1,3,5,9-10,13,15-16H,2,4,6-8H2. The van der Waals surface area contributed by atoms with E-state index in [4.69, 9.17) is 0 Å². The first-order chi connectivity index (χ1) is 7.77. The Morgan fingerprint density at radius 2 is 2.19 bits per heavy atom. The van der Waals surface area contributed by atoms with Crippen LogP contribution >= 0.6 is 0 Å². The average molecular weight is 223 g/mol. The van der Waals surface area contributed by atoms with Gasteiger partial charge in [0.1, 0.15) is 11.9 Å². The van der Waals surface area contributed by atoms with Gasteiger partial charge in [-0.15, -0.1) is 0 Å². The van der Waals surface area contributed by atoms with Gasteiger partial charge in [0, 0.05) is 0 Å². The van der Waals surface area contributed by atoms with E-state index >= 15 is 0 Å². The van der Waals surface area contributed by atoms with Crippen molar-refractivity contribution in [3.05, 3.63) is 29.8 Å². The van der Waals surface area contributed by atoms with Gasteiger partial charge >= 0.3 is 0 Å². The van der Waals surface area contributed by atoms with E-state index < -0.39 is 6.17 Å². The number of halogens is 1. The topological polar surface area (TPSA) is 32.3 Å². The highest BCUT2D eigenvalue weighted by atomic mass is 19.1. The summed E-state index contributed by atoms with van der Waals surface area (Å²) in [4.78, 5) is 0. The number of phenols is 1. The lowest BCUT2D eigenvalue weighted by Crippen LogP contribution is -2.15. The SMILES string of the molecule is Oc1cccc(C(F)C2CCCNCC2)c1. The van der Waals surface area contributed by atoms with Crippen molar-refractivity contribution in [1.82, 2.24) is 5.32 Å². The first-order valence-corrected chi connectivity index (χ1v) is 5.91. The molecule has 0 aromatic heterocycles. The van der Waals surface area contributed by atoms with Gasteiger partial charge in [0.2, 0.25) is 0 Å². The molecule has 0 bridgehead atoms. The number of nitrogens with one attached hydrogen (secondary N) is 1. The summed E-state index contributed by atoms with van der Waals surface area (Å²) in [6.45, 7) is 1.88. The first-order valence-electron chi connectivity index (χ1n) is 5.91. The summed E-state index contributed by atoms with van der Waals surface area (Å²) >= 11 is 0. The zero-order chi connectivity index (χ0) is 11.4. The molecule has 2 rings (SSSR count). The Morgan fingerprint density at radius 3 is 3.00 bits per heavy atom. The lowest BCUT2D eigenvalue weighted by Gasteiger charge is -2.19. The Labute approximate surface area is 95.5 Å². The molecule has 2 unspecified atom stereocenters. The van der Waals surface area contributed by atoms with E-state index in [9.17, 15) is 9.50 Å². The molecule has 2 N–H and O–H groups in total. The molecule has 2 nitrogen and oxygen atoms in total. The van der Waals surface area contributed by atoms with E-state index in [1.807, 2.05) is 0 Å². The summed E-state index contributed by atoms with van der Waals surface area (Å²) in [5.41, 5.74) is 0.604. The predicted molar refractivity (Wildman–Crippen MR) is 62.2 cm³/mol. The molecule has 0 amide bonds. The third-order valence-corrected chi connectivity index (χ3v) is 3.22.